The first-order valence-corrected chi connectivity index (χ1v) is 5.62. The Morgan fingerprint density at radius 1 is 1.33 bits per heavy atom. The number of hydrogen-bond acceptors (Lipinski definition) is 2. The van der Waals surface area contributed by atoms with Gasteiger partial charge in [0.1, 0.15) is 0 Å². The number of alkyl halides is 2. The average Bonchev–Trinajstić information content (AvgIpc) is 2.62. The Morgan fingerprint density at radius 2 is 2.00 bits per heavy atom. The molecule has 2 aliphatic rings. The Labute approximate surface area is 89.4 Å². The Hall–Kier alpha value is -0.220. The number of nitrogens with one attached hydrogen (secondary N) is 1. The molecule has 0 spiro atoms. The fraction of sp³-hybridized carbons (Fsp3) is 1.00. The summed E-state index contributed by atoms with van der Waals surface area (Å²) in [6, 6.07) is 0. The molecule has 0 aromatic rings. The molecule has 0 amide bonds. The maximum Gasteiger partial charge on any atom is 0.259 e. The Bertz CT molecular complexity index is 223. The lowest BCUT2D eigenvalue weighted by Crippen LogP contribution is -2.15. The molecule has 2 fully saturated rings. The molecule has 1 saturated heterocycles. The number of hydrogen-bond donors (Lipinski definition) is 1. The van der Waals surface area contributed by atoms with Crippen molar-refractivity contribution in [2.45, 2.75) is 26.2 Å². The van der Waals surface area contributed by atoms with E-state index >= 15 is 0 Å². The Balaban J connectivity index is 1.67. The normalized spacial score (nSPS) is 36.8. The minimum absolute atomic E-state index is 0.205. The summed E-state index contributed by atoms with van der Waals surface area (Å²) in [5.41, 5.74) is -0.860. The zero-order chi connectivity index (χ0) is 11.1. The molecule has 0 radical (unpaired) electrons. The predicted octanol–water partition coefficient (Wildman–Crippen LogP) is 1.90. The molecule has 1 aliphatic heterocycles. The van der Waals surface area contributed by atoms with Gasteiger partial charge in [-0.1, -0.05) is 13.8 Å². The molecule has 2 unspecified atom stereocenters. The summed E-state index contributed by atoms with van der Waals surface area (Å²) in [6.45, 7) is 6.03. The third-order valence-electron chi connectivity index (χ3n) is 3.88. The molecule has 4 heteroatoms. The Morgan fingerprint density at radius 3 is 2.47 bits per heavy atom. The smallest absolute Gasteiger partial charge is 0.259 e. The molecule has 1 saturated carbocycles. The molecule has 2 nitrogen and oxygen atoms in total. The molecule has 1 aliphatic carbocycles. The van der Waals surface area contributed by atoms with E-state index in [4.69, 9.17) is 4.74 Å². The van der Waals surface area contributed by atoms with E-state index in [-0.39, 0.29) is 6.61 Å². The summed E-state index contributed by atoms with van der Waals surface area (Å²) in [5.74, 6) is -2.60. The fourth-order valence-electron chi connectivity index (χ4n) is 2.28. The maximum atomic E-state index is 13.2. The van der Waals surface area contributed by atoms with Crippen LogP contribution in [-0.4, -0.2) is 32.2 Å². The van der Waals surface area contributed by atoms with Crippen molar-refractivity contribution < 1.29 is 13.5 Å². The van der Waals surface area contributed by atoms with E-state index in [1.54, 1.807) is 13.8 Å². The second kappa shape index (κ2) is 3.67. The summed E-state index contributed by atoms with van der Waals surface area (Å²) in [4.78, 5) is 0. The van der Waals surface area contributed by atoms with Gasteiger partial charge in [0.05, 0.1) is 19.1 Å². The van der Waals surface area contributed by atoms with Crippen molar-refractivity contribution in [3.05, 3.63) is 0 Å². The lowest BCUT2D eigenvalue weighted by molar-refractivity contribution is 0.0384. The molecule has 0 bridgehead atoms. The van der Waals surface area contributed by atoms with E-state index in [9.17, 15) is 8.78 Å². The van der Waals surface area contributed by atoms with Gasteiger partial charge in [-0.25, -0.2) is 8.78 Å². The first-order chi connectivity index (χ1) is 6.96. The van der Waals surface area contributed by atoms with Crippen LogP contribution < -0.4 is 5.32 Å². The third-order valence-corrected chi connectivity index (χ3v) is 3.88. The third kappa shape index (κ3) is 1.89. The molecule has 88 valence electrons. The standard InChI is InChI=1S/C11H19F2NO/c1-10(2)9(11(10,12)13)7-15-6-8-3-4-14-5-8/h8-9,14H,3-7H2,1-2H3. The molecular weight excluding hydrogens is 200 g/mol. The minimum atomic E-state index is -2.53. The summed E-state index contributed by atoms with van der Waals surface area (Å²) in [7, 11) is 0. The molecule has 0 aromatic heterocycles. The number of halogens is 2. The molecule has 1 heterocycles. The van der Waals surface area contributed by atoms with Gasteiger partial charge in [0, 0.05) is 12.0 Å². The van der Waals surface area contributed by atoms with Gasteiger partial charge < -0.3 is 10.1 Å². The lowest BCUT2D eigenvalue weighted by Gasteiger charge is -2.08. The highest BCUT2D eigenvalue weighted by Gasteiger charge is 2.74. The van der Waals surface area contributed by atoms with Crippen LogP contribution in [-0.2, 0) is 4.74 Å². The number of ether oxygens (including phenoxy) is 1. The van der Waals surface area contributed by atoms with Crippen LogP contribution in [0.4, 0.5) is 8.78 Å². The van der Waals surface area contributed by atoms with Gasteiger partial charge in [-0.3, -0.25) is 0 Å². The largest absolute Gasteiger partial charge is 0.381 e. The second-order valence-corrected chi connectivity index (χ2v) is 5.29. The summed E-state index contributed by atoms with van der Waals surface area (Å²) >= 11 is 0. The molecule has 1 N–H and O–H groups in total. The van der Waals surface area contributed by atoms with Crippen molar-refractivity contribution in [2.75, 3.05) is 26.3 Å². The SMILES string of the molecule is CC1(C)C(COCC2CCNC2)C1(F)F. The van der Waals surface area contributed by atoms with Gasteiger partial charge in [0.2, 0.25) is 0 Å². The average molecular weight is 219 g/mol. The highest BCUT2D eigenvalue weighted by Crippen LogP contribution is 2.65. The number of rotatable bonds is 4. The van der Waals surface area contributed by atoms with Gasteiger partial charge in [0.25, 0.3) is 5.92 Å². The van der Waals surface area contributed by atoms with Crippen LogP contribution in [0.5, 0.6) is 0 Å². The van der Waals surface area contributed by atoms with E-state index < -0.39 is 17.3 Å². The zero-order valence-corrected chi connectivity index (χ0v) is 9.35. The first kappa shape index (κ1) is 11.3. The topological polar surface area (TPSA) is 21.3 Å². The second-order valence-electron chi connectivity index (χ2n) is 5.29. The predicted molar refractivity (Wildman–Crippen MR) is 54.0 cm³/mol. The summed E-state index contributed by atoms with van der Waals surface area (Å²) < 4.78 is 31.8. The zero-order valence-electron chi connectivity index (χ0n) is 9.35. The van der Waals surface area contributed by atoms with E-state index in [1.165, 1.54) is 0 Å². The quantitative estimate of drug-likeness (QED) is 0.779. The fourth-order valence-corrected chi connectivity index (χ4v) is 2.28. The molecule has 0 aromatic carbocycles. The lowest BCUT2D eigenvalue weighted by atomic mass is 10.1. The minimum Gasteiger partial charge on any atom is -0.381 e. The van der Waals surface area contributed by atoms with Crippen LogP contribution in [0.1, 0.15) is 20.3 Å². The van der Waals surface area contributed by atoms with Crippen LogP contribution in [0.3, 0.4) is 0 Å². The van der Waals surface area contributed by atoms with E-state index in [0.29, 0.717) is 12.5 Å². The van der Waals surface area contributed by atoms with Gasteiger partial charge >= 0.3 is 0 Å². The molecule has 2 atom stereocenters. The Kier molecular flexibility index (Phi) is 2.75. The monoisotopic (exact) mass is 219 g/mol. The van der Waals surface area contributed by atoms with Crippen molar-refractivity contribution in [1.29, 1.82) is 0 Å². The van der Waals surface area contributed by atoms with Gasteiger partial charge in [-0.2, -0.15) is 0 Å². The molecular formula is C11H19F2NO. The summed E-state index contributed by atoms with van der Waals surface area (Å²) in [5, 5.41) is 3.23. The van der Waals surface area contributed by atoms with Crippen LogP contribution in [0.25, 0.3) is 0 Å². The van der Waals surface area contributed by atoms with Crippen molar-refractivity contribution in [3.63, 3.8) is 0 Å². The van der Waals surface area contributed by atoms with Gasteiger partial charge in [0.15, 0.2) is 0 Å². The van der Waals surface area contributed by atoms with Gasteiger partial charge in [-0.05, 0) is 18.9 Å². The highest BCUT2D eigenvalue weighted by molar-refractivity contribution is 5.12. The van der Waals surface area contributed by atoms with E-state index in [1.807, 2.05) is 0 Å². The van der Waals surface area contributed by atoms with Crippen molar-refractivity contribution in [2.24, 2.45) is 17.3 Å². The van der Waals surface area contributed by atoms with Crippen molar-refractivity contribution in [1.82, 2.24) is 5.32 Å². The molecule has 15 heavy (non-hydrogen) atoms. The van der Waals surface area contributed by atoms with Crippen molar-refractivity contribution >= 4 is 0 Å². The van der Waals surface area contributed by atoms with Crippen LogP contribution in [0.15, 0.2) is 0 Å². The van der Waals surface area contributed by atoms with Gasteiger partial charge in [-0.15, -0.1) is 0 Å². The van der Waals surface area contributed by atoms with Crippen LogP contribution >= 0.6 is 0 Å². The van der Waals surface area contributed by atoms with E-state index in [2.05, 4.69) is 5.32 Å². The molecule has 2 rings (SSSR count). The van der Waals surface area contributed by atoms with E-state index in [0.717, 1.165) is 19.5 Å². The summed E-state index contributed by atoms with van der Waals surface area (Å²) in [6.07, 6.45) is 1.10. The first-order valence-electron chi connectivity index (χ1n) is 5.62. The van der Waals surface area contributed by atoms with Crippen LogP contribution in [0, 0.1) is 17.3 Å². The highest BCUT2D eigenvalue weighted by atomic mass is 19.3. The maximum absolute atomic E-state index is 13.2. The van der Waals surface area contributed by atoms with Crippen molar-refractivity contribution in [3.8, 4) is 0 Å². The van der Waals surface area contributed by atoms with Crippen LogP contribution in [0.2, 0.25) is 0 Å².